The van der Waals surface area contributed by atoms with Gasteiger partial charge in [0.25, 0.3) is 0 Å². The molecule has 1 saturated heterocycles. The Labute approximate surface area is 183 Å². The fourth-order valence-electron chi connectivity index (χ4n) is 3.37. The van der Waals surface area contributed by atoms with Crippen molar-refractivity contribution in [2.75, 3.05) is 28.9 Å². The number of piperidine rings is 1. The zero-order valence-corrected chi connectivity index (χ0v) is 18.8. The van der Waals surface area contributed by atoms with E-state index in [2.05, 4.69) is 15.0 Å². The summed E-state index contributed by atoms with van der Waals surface area (Å²) in [6.45, 7) is 2.30. The average Bonchev–Trinajstić information content (AvgIpc) is 2.75. The number of anilines is 2. The first-order chi connectivity index (χ1) is 14.7. The van der Waals surface area contributed by atoms with Crippen molar-refractivity contribution in [2.24, 2.45) is 5.92 Å². The minimum atomic E-state index is -3.61. The van der Waals surface area contributed by atoms with Gasteiger partial charge in [-0.05, 0) is 55.7 Å². The molecule has 0 spiro atoms. The minimum absolute atomic E-state index is 0.0424. The van der Waals surface area contributed by atoms with Crippen LogP contribution in [0.25, 0.3) is 0 Å². The van der Waals surface area contributed by atoms with Crippen molar-refractivity contribution in [3.05, 3.63) is 48.8 Å². The summed E-state index contributed by atoms with van der Waals surface area (Å²) in [5.41, 5.74) is 0.981. The van der Waals surface area contributed by atoms with Crippen molar-refractivity contribution < 1.29 is 21.6 Å². The van der Waals surface area contributed by atoms with Crippen LogP contribution in [0.1, 0.15) is 26.2 Å². The Hall–Kier alpha value is -2.50. The molecule has 9 nitrogen and oxygen atoms in total. The topological polar surface area (TPSA) is 126 Å². The lowest BCUT2D eigenvalue weighted by molar-refractivity contribution is -0.120. The number of carbonyl (C=O) groups excluding carboxylic acids is 1. The van der Waals surface area contributed by atoms with Gasteiger partial charge in [0.15, 0.2) is 0 Å². The Bertz CT molecular complexity index is 1100. The Morgan fingerprint density at radius 2 is 1.71 bits per heavy atom. The van der Waals surface area contributed by atoms with E-state index in [0.717, 1.165) is 0 Å². The maximum atomic E-state index is 12.7. The summed E-state index contributed by atoms with van der Waals surface area (Å²) in [6.07, 6.45) is 4.19. The van der Waals surface area contributed by atoms with E-state index in [-0.39, 0.29) is 35.6 Å². The van der Waals surface area contributed by atoms with E-state index < -0.39 is 20.0 Å². The van der Waals surface area contributed by atoms with Crippen LogP contribution < -0.4 is 10.0 Å². The highest BCUT2D eigenvalue weighted by atomic mass is 32.2. The standard InChI is InChI=1S/C20H26N4O5S2/c1-2-14-30(26,27)23-18-7-5-17(6-8-18)22-20(25)16-9-12-24(13-10-16)31(28,29)19-4-3-11-21-15-19/h3-8,11,15-16,23H,2,9-10,12-14H2,1H3,(H,22,25). The maximum absolute atomic E-state index is 12.7. The molecule has 31 heavy (non-hydrogen) atoms. The highest BCUT2D eigenvalue weighted by molar-refractivity contribution is 7.92. The summed E-state index contributed by atoms with van der Waals surface area (Å²) in [5.74, 6) is -0.443. The molecule has 1 aliphatic rings. The number of nitrogens with one attached hydrogen (secondary N) is 2. The first-order valence-corrected chi connectivity index (χ1v) is 13.1. The summed E-state index contributed by atoms with van der Waals surface area (Å²) in [7, 11) is -6.98. The Balaban J connectivity index is 1.54. The second-order valence-corrected chi connectivity index (χ2v) is 11.1. The molecule has 0 atom stereocenters. The van der Waals surface area contributed by atoms with Gasteiger partial charge in [-0.1, -0.05) is 6.92 Å². The summed E-state index contributed by atoms with van der Waals surface area (Å²) >= 11 is 0. The highest BCUT2D eigenvalue weighted by Gasteiger charge is 2.32. The lowest BCUT2D eigenvalue weighted by Gasteiger charge is -2.30. The number of hydrogen-bond donors (Lipinski definition) is 2. The molecule has 0 radical (unpaired) electrons. The summed E-state index contributed by atoms with van der Waals surface area (Å²) in [6, 6.07) is 9.52. The Kier molecular flexibility index (Phi) is 7.29. The zero-order chi connectivity index (χ0) is 22.5. The van der Waals surface area contributed by atoms with Gasteiger partial charge in [-0.25, -0.2) is 16.8 Å². The van der Waals surface area contributed by atoms with Crippen molar-refractivity contribution in [3.8, 4) is 0 Å². The Morgan fingerprint density at radius 1 is 1.06 bits per heavy atom. The fourth-order valence-corrected chi connectivity index (χ4v) is 5.94. The van der Waals surface area contributed by atoms with E-state index in [4.69, 9.17) is 0 Å². The van der Waals surface area contributed by atoms with Gasteiger partial charge in [0.2, 0.25) is 26.0 Å². The molecule has 0 bridgehead atoms. The normalized spacial score (nSPS) is 16.0. The zero-order valence-electron chi connectivity index (χ0n) is 17.2. The number of rotatable bonds is 8. The molecule has 1 aromatic carbocycles. The molecule has 11 heteroatoms. The Morgan fingerprint density at radius 3 is 2.29 bits per heavy atom. The molecule has 0 aliphatic carbocycles. The van der Waals surface area contributed by atoms with Gasteiger partial charge in [0.1, 0.15) is 4.90 Å². The van der Waals surface area contributed by atoms with Crippen LogP contribution in [0.3, 0.4) is 0 Å². The van der Waals surface area contributed by atoms with Crippen molar-refractivity contribution in [3.63, 3.8) is 0 Å². The van der Waals surface area contributed by atoms with Crippen LogP contribution >= 0.6 is 0 Å². The third-order valence-electron chi connectivity index (χ3n) is 5.00. The SMILES string of the molecule is CCCS(=O)(=O)Nc1ccc(NC(=O)C2CCN(S(=O)(=O)c3cccnc3)CC2)cc1. The summed E-state index contributed by atoms with van der Waals surface area (Å²) < 4.78 is 52.8. The second-order valence-electron chi connectivity index (χ2n) is 7.35. The third kappa shape index (κ3) is 6.02. The number of amides is 1. The quantitative estimate of drug-likeness (QED) is 0.615. The average molecular weight is 467 g/mol. The van der Waals surface area contributed by atoms with Gasteiger partial charge in [-0.2, -0.15) is 4.31 Å². The smallest absolute Gasteiger partial charge is 0.244 e. The van der Waals surface area contributed by atoms with Crippen LogP contribution in [0.4, 0.5) is 11.4 Å². The van der Waals surface area contributed by atoms with Crippen LogP contribution in [0.5, 0.6) is 0 Å². The number of nitrogens with zero attached hydrogens (tertiary/aromatic N) is 2. The molecular weight excluding hydrogens is 440 g/mol. The molecule has 2 N–H and O–H groups in total. The van der Waals surface area contributed by atoms with Gasteiger partial charge in [-0.15, -0.1) is 0 Å². The minimum Gasteiger partial charge on any atom is -0.326 e. The first-order valence-electron chi connectivity index (χ1n) is 10.0. The van der Waals surface area contributed by atoms with E-state index in [1.807, 2.05) is 0 Å². The van der Waals surface area contributed by atoms with Gasteiger partial charge in [0.05, 0.1) is 5.75 Å². The van der Waals surface area contributed by atoms with Crippen molar-refractivity contribution in [1.82, 2.24) is 9.29 Å². The number of carbonyl (C=O) groups is 1. The lowest BCUT2D eigenvalue weighted by Crippen LogP contribution is -2.41. The van der Waals surface area contributed by atoms with E-state index in [1.165, 1.54) is 22.8 Å². The third-order valence-corrected chi connectivity index (χ3v) is 8.37. The molecule has 2 heterocycles. The van der Waals surface area contributed by atoms with Gasteiger partial charge in [-0.3, -0.25) is 14.5 Å². The van der Waals surface area contributed by atoms with Crippen molar-refractivity contribution in [1.29, 1.82) is 0 Å². The molecule has 1 aromatic heterocycles. The second kappa shape index (κ2) is 9.75. The van der Waals surface area contributed by atoms with E-state index in [1.54, 1.807) is 37.3 Å². The predicted molar refractivity (Wildman–Crippen MR) is 118 cm³/mol. The van der Waals surface area contributed by atoms with Crippen LogP contribution in [0.2, 0.25) is 0 Å². The summed E-state index contributed by atoms with van der Waals surface area (Å²) in [5, 5.41) is 2.82. The monoisotopic (exact) mass is 466 g/mol. The van der Waals surface area contributed by atoms with Crippen LogP contribution in [-0.2, 0) is 24.8 Å². The molecule has 1 fully saturated rings. The highest BCUT2D eigenvalue weighted by Crippen LogP contribution is 2.25. The number of hydrogen-bond acceptors (Lipinski definition) is 6. The molecule has 0 saturated carbocycles. The fraction of sp³-hybridized carbons (Fsp3) is 0.400. The largest absolute Gasteiger partial charge is 0.326 e. The van der Waals surface area contributed by atoms with Gasteiger partial charge < -0.3 is 5.32 Å². The molecule has 0 unspecified atom stereocenters. The molecule has 2 aromatic rings. The number of aromatic nitrogens is 1. The summed E-state index contributed by atoms with van der Waals surface area (Å²) in [4.78, 5) is 16.6. The van der Waals surface area contributed by atoms with E-state index in [0.29, 0.717) is 30.6 Å². The van der Waals surface area contributed by atoms with E-state index in [9.17, 15) is 21.6 Å². The molecule has 3 rings (SSSR count). The first kappa shape index (κ1) is 23.2. The molecule has 168 valence electrons. The van der Waals surface area contributed by atoms with Crippen molar-refractivity contribution >= 4 is 37.3 Å². The molecule has 1 amide bonds. The predicted octanol–water partition coefficient (Wildman–Crippen LogP) is 2.27. The van der Waals surface area contributed by atoms with Crippen LogP contribution in [-0.4, -0.2) is 50.9 Å². The van der Waals surface area contributed by atoms with Crippen molar-refractivity contribution in [2.45, 2.75) is 31.1 Å². The van der Waals surface area contributed by atoms with Gasteiger partial charge >= 0.3 is 0 Å². The van der Waals surface area contributed by atoms with Crippen LogP contribution in [0.15, 0.2) is 53.7 Å². The molecular formula is C20H26N4O5S2. The lowest BCUT2D eigenvalue weighted by atomic mass is 9.97. The number of sulfonamides is 2. The molecule has 1 aliphatic heterocycles. The van der Waals surface area contributed by atoms with Crippen LogP contribution in [0, 0.1) is 5.92 Å². The van der Waals surface area contributed by atoms with E-state index >= 15 is 0 Å². The van der Waals surface area contributed by atoms with Gasteiger partial charge in [0, 0.05) is 42.8 Å². The maximum Gasteiger partial charge on any atom is 0.244 e. The number of benzene rings is 1. The number of pyridine rings is 1.